The van der Waals surface area contributed by atoms with Crippen LogP contribution in [0, 0.1) is 6.92 Å². The summed E-state index contributed by atoms with van der Waals surface area (Å²) in [5.41, 5.74) is 3.09. The highest BCUT2D eigenvalue weighted by Crippen LogP contribution is 2.21. The van der Waals surface area contributed by atoms with Crippen molar-refractivity contribution in [1.82, 2.24) is 4.98 Å². The van der Waals surface area contributed by atoms with Gasteiger partial charge in [0.25, 0.3) is 0 Å². The third-order valence-corrected chi connectivity index (χ3v) is 2.65. The van der Waals surface area contributed by atoms with E-state index in [1.165, 1.54) is 5.39 Å². The van der Waals surface area contributed by atoms with Crippen LogP contribution in [0.25, 0.3) is 21.8 Å². The van der Waals surface area contributed by atoms with Gasteiger partial charge in [0, 0.05) is 10.8 Å². The van der Waals surface area contributed by atoms with Crippen LogP contribution in [0.15, 0.2) is 48.5 Å². The maximum absolute atomic E-state index is 4.60. The Labute approximate surface area is 89.9 Å². The van der Waals surface area contributed by atoms with Crippen LogP contribution in [-0.4, -0.2) is 4.98 Å². The number of hydrogen-bond acceptors (Lipinski definition) is 1. The maximum atomic E-state index is 4.60. The molecule has 0 bridgehead atoms. The van der Waals surface area contributed by atoms with E-state index in [9.17, 15) is 0 Å². The zero-order valence-corrected chi connectivity index (χ0v) is 8.27. The molecule has 1 aromatic heterocycles. The summed E-state index contributed by atoms with van der Waals surface area (Å²) in [5.74, 6) is 0. The standard InChI is InChI=1S/C14H10N/c1-10-5-4-8-14-12(10)9-11-6-2-3-7-13(11)15-14/h2-9H,1H2/p+1. The number of rotatable bonds is 0. The molecule has 1 heteroatoms. The lowest BCUT2D eigenvalue weighted by atomic mass is 10.1. The summed E-state index contributed by atoms with van der Waals surface area (Å²) in [6.45, 7) is 4.02. The Morgan fingerprint density at radius 1 is 0.933 bits per heavy atom. The first-order valence-electron chi connectivity index (χ1n) is 4.95. The first-order valence-corrected chi connectivity index (χ1v) is 4.95. The van der Waals surface area contributed by atoms with E-state index < -0.39 is 0 Å². The van der Waals surface area contributed by atoms with Gasteiger partial charge in [0.15, 0.2) is 0 Å². The van der Waals surface area contributed by atoms with Crippen LogP contribution in [0.3, 0.4) is 0 Å². The normalized spacial score (nSPS) is 11.0. The molecular weight excluding hydrogens is 182 g/mol. The summed E-state index contributed by atoms with van der Waals surface area (Å²) in [4.78, 5) is 4.60. The number of hydrogen-bond donors (Lipinski definition) is 0. The van der Waals surface area contributed by atoms with Gasteiger partial charge in [-0.05, 0) is 30.7 Å². The van der Waals surface area contributed by atoms with Gasteiger partial charge in [-0.25, -0.2) is 4.98 Å². The van der Waals surface area contributed by atoms with E-state index in [0.29, 0.717) is 0 Å². The molecule has 0 saturated heterocycles. The zero-order valence-electron chi connectivity index (χ0n) is 9.27. The molecule has 1 nitrogen and oxygen atoms in total. The van der Waals surface area contributed by atoms with Gasteiger partial charge < -0.3 is 0 Å². The number of aromatic nitrogens is 1. The van der Waals surface area contributed by atoms with Crippen molar-refractivity contribution >= 4 is 21.8 Å². The highest BCUT2D eigenvalue weighted by molar-refractivity contribution is 5.94. The Hall–Kier alpha value is -1.89. The molecule has 0 fully saturated rings. The van der Waals surface area contributed by atoms with Crippen LogP contribution < -0.4 is 0 Å². The summed E-state index contributed by atoms with van der Waals surface area (Å²) in [6, 6.07) is 16.3. The minimum Gasteiger partial charge on any atom is -0.248 e. The van der Waals surface area contributed by atoms with Crippen LogP contribution in [-0.2, 0) is 0 Å². The van der Waals surface area contributed by atoms with Gasteiger partial charge in [-0.1, -0.05) is 30.3 Å². The predicted octanol–water partition coefficient (Wildman–Crippen LogP) is 3.68. The van der Waals surface area contributed by atoms with Gasteiger partial charge in [-0.15, -0.1) is 0 Å². The summed E-state index contributed by atoms with van der Waals surface area (Å²) in [7, 11) is 0. The van der Waals surface area contributed by atoms with Gasteiger partial charge in [0.2, 0.25) is 0 Å². The van der Waals surface area contributed by atoms with Crippen LogP contribution in [0.5, 0.6) is 0 Å². The van der Waals surface area contributed by atoms with Gasteiger partial charge in [-0.2, -0.15) is 0 Å². The Bertz CT molecular complexity index is 646. The monoisotopic (exact) mass is 193 g/mol. The molecule has 0 spiro atoms. The number of fused-ring (bicyclic) bond motifs is 2. The molecule has 3 rings (SSSR count). The molecular formula is C14H11N+. The summed E-state index contributed by atoms with van der Waals surface area (Å²) in [5, 5.41) is 2.30. The quantitative estimate of drug-likeness (QED) is 0.496. The molecule has 0 aliphatic rings. The molecule has 3 aromatic rings. The van der Waals surface area contributed by atoms with Crippen molar-refractivity contribution in [3.8, 4) is 0 Å². The summed E-state index contributed by atoms with van der Waals surface area (Å²) >= 11 is 0. The molecule has 1 heterocycles. The van der Waals surface area contributed by atoms with E-state index in [-0.39, 0.29) is 1.43 Å². The van der Waals surface area contributed by atoms with Crippen LogP contribution >= 0.6 is 0 Å². The minimum absolute atomic E-state index is 0. The zero-order chi connectivity index (χ0) is 10.3. The smallest absolute Gasteiger partial charge is 0.248 e. The van der Waals surface area contributed by atoms with E-state index >= 15 is 0 Å². The van der Waals surface area contributed by atoms with Crippen molar-refractivity contribution in [2.24, 2.45) is 0 Å². The second-order valence-electron chi connectivity index (χ2n) is 3.66. The predicted molar refractivity (Wildman–Crippen MR) is 64.8 cm³/mol. The van der Waals surface area contributed by atoms with Crippen LogP contribution in [0.1, 0.15) is 6.99 Å². The molecule has 0 saturated carbocycles. The Morgan fingerprint density at radius 3 is 2.67 bits per heavy atom. The molecule has 1 radical (unpaired) electrons. The Balaban J connectivity index is 0.000000963. The first-order chi connectivity index (χ1) is 7.34. The molecule has 2 aromatic carbocycles. The number of nitrogens with zero attached hydrogens (tertiary/aromatic N) is 1. The average Bonchev–Trinajstić information content (AvgIpc) is 2.27. The van der Waals surface area contributed by atoms with Crippen molar-refractivity contribution in [1.29, 1.82) is 0 Å². The fourth-order valence-corrected chi connectivity index (χ4v) is 1.86. The molecule has 0 atom stereocenters. The van der Waals surface area contributed by atoms with Crippen molar-refractivity contribution in [3.63, 3.8) is 0 Å². The lowest BCUT2D eigenvalue weighted by molar-refractivity contribution is 1.49. The van der Waals surface area contributed by atoms with Gasteiger partial charge in [0.05, 0.1) is 11.0 Å². The van der Waals surface area contributed by atoms with Crippen molar-refractivity contribution < 1.29 is 1.43 Å². The molecule has 0 amide bonds. The van der Waals surface area contributed by atoms with E-state index in [1.54, 1.807) is 0 Å². The third kappa shape index (κ3) is 1.28. The highest BCUT2D eigenvalue weighted by Gasteiger charge is 2.00. The van der Waals surface area contributed by atoms with Gasteiger partial charge >= 0.3 is 1.43 Å². The summed E-state index contributed by atoms with van der Waals surface area (Å²) < 4.78 is 0. The maximum Gasteiger partial charge on any atom is 1.00 e. The fraction of sp³-hybridized carbons (Fsp3) is 0. The van der Waals surface area contributed by atoms with Crippen molar-refractivity contribution in [3.05, 3.63) is 61.0 Å². The van der Waals surface area contributed by atoms with Crippen LogP contribution in [0.4, 0.5) is 0 Å². The molecule has 0 aliphatic carbocycles. The van der Waals surface area contributed by atoms with Crippen LogP contribution in [0.2, 0.25) is 0 Å². The number of para-hydroxylation sites is 1. The number of benzene rings is 2. The van der Waals surface area contributed by atoms with E-state index in [2.05, 4.69) is 24.0 Å². The van der Waals surface area contributed by atoms with E-state index in [4.69, 9.17) is 0 Å². The highest BCUT2D eigenvalue weighted by atomic mass is 14.7. The topological polar surface area (TPSA) is 12.9 Å². The second-order valence-corrected chi connectivity index (χ2v) is 3.66. The second kappa shape index (κ2) is 3.06. The molecule has 0 N–H and O–H groups in total. The SMILES string of the molecule is [CH2]c1cccc2nc3ccccc3cc12.[H+]. The van der Waals surface area contributed by atoms with Gasteiger partial charge in [-0.3, -0.25) is 0 Å². The fourth-order valence-electron chi connectivity index (χ4n) is 1.86. The Morgan fingerprint density at radius 2 is 1.73 bits per heavy atom. The lowest BCUT2D eigenvalue weighted by Crippen LogP contribution is -1.84. The molecule has 71 valence electrons. The first kappa shape index (κ1) is 8.42. The van der Waals surface area contributed by atoms with E-state index in [0.717, 1.165) is 22.0 Å². The summed E-state index contributed by atoms with van der Waals surface area (Å²) in [6.07, 6.45) is 0. The minimum atomic E-state index is 0. The molecule has 0 aliphatic heterocycles. The largest absolute Gasteiger partial charge is 1.00 e. The molecule has 0 unspecified atom stereocenters. The van der Waals surface area contributed by atoms with Crippen molar-refractivity contribution in [2.75, 3.05) is 0 Å². The molecule has 15 heavy (non-hydrogen) atoms. The Kier molecular flexibility index (Phi) is 1.72. The lowest BCUT2D eigenvalue weighted by Gasteiger charge is -2.03. The van der Waals surface area contributed by atoms with E-state index in [1.807, 2.05) is 36.4 Å². The number of pyridine rings is 1. The third-order valence-electron chi connectivity index (χ3n) is 2.65. The average molecular weight is 193 g/mol. The van der Waals surface area contributed by atoms with Crippen molar-refractivity contribution in [2.45, 2.75) is 0 Å². The van der Waals surface area contributed by atoms with Gasteiger partial charge in [0.1, 0.15) is 0 Å².